The monoisotopic (exact) mass is 214 g/mol. The van der Waals surface area contributed by atoms with E-state index in [-0.39, 0.29) is 0 Å². The van der Waals surface area contributed by atoms with E-state index in [0.717, 1.165) is 24.3 Å². The van der Waals surface area contributed by atoms with Crippen LogP contribution in [0.1, 0.15) is 0 Å². The smallest absolute Gasteiger partial charge is 0.123 e. The van der Waals surface area contributed by atoms with Gasteiger partial charge in [-0.3, -0.25) is 0 Å². The van der Waals surface area contributed by atoms with Gasteiger partial charge in [0, 0.05) is 5.56 Å². The molecule has 0 atom stereocenters. The first-order chi connectivity index (χ1) is 7.88. The maximum atomic E-state index is 9.56. The fourth-order valence-electron chi connectivity index (χ4n) is 1.34. The van der Waals surface area contributed by atoms with Crippen molar-refractivity contribution in [3.63, 3.8) is 0 Å². The number of ether oxygens (including phenoxy) is 1. The summed E-state index contributed by atoms with van der Waals surface area (Å²) in [7, 11) is 0. The van der Waals surface area contributed by atoms with Crippen molar-refractivity contribution in [2.45, 2.75) is 0 Å². The molecule has 0 radical (unpaired) electrons. The maximum absolute atomic E-state index is 9.56. The Morgan fingerprint density at radius 3 is 1.94 bits per heavy atom. The first-order valence-corrected chi connectivity index (χ1v) is 5.29. The van der Waals surface area contributed by atoms with Crippen molar-refractivity contribution in [2.24, 2.45) is 0 Å². The molecule has 16 heavy (non-hydrogen) atoms. The van der Waals surface area contributed by atoms with E-state index in [2.05, 4.69) is 4.74 Å². The largest absolute Gasteiger partial charge is 0.507 e. The summed E-state index contributed by atoms with van der Waals surface area (Å²) in [5.41, 5.74) is 1.92. The van der Waals surface area contributed by atoms with Gasteiger partial charge in [-0.15, -0.1) is 0 Å². The van der Waals surface area contributed by atoms with Gasteiger partial charge in [-0.05, 0) is 11.6 Å². The molecule has 2 heteroatoms. The van der Waals surface area contributed by atoms with E-state index < -0.39 is 0 Å². The molecule has 1 aliphatic rings. The number of hydrogen-bond donors (Lipinski definition) is 1. The molecule has 2 nitrogen and oxygen atoms in total. The van der Waals surface area contributed by atoms with Crippen LogP contribution in [0.3, 0.4) is 0 Å². The Balaban J connectivity index is 0.000000278. The zero-order valence-electron chi connectivity index (χ0n) is 8.97. The summed E-state index contributed by atoms with van der Waals surface area (Å²) in [4.78, 5) is 0. The van der Waals surface area contributed by atoms with Gasteiger partial charge in [-0.1, -0.05) is 48.5 Å². The number of rotatable bonds is 1. The van der Waals surface area contributed by atoms with Gasteiger partial charge in [-0.25, -0.2) is 0 Å². The number of aromatic hydroxyl groups is 1. The molecule has 3 rings (SSSR count). The fourth-order valence-corrected chi connectivity index (χ4v) is 1.34. The number of para-hydroxylation sites is 1. The lowest BCUT2D eigenvalue weighted by molar-refractivity contribution is 0.475. The van der Waals surface area contributed by atoms with E-state index in [0.29, 0.717) is 5.75 Å². The van der Waals surface area contributed by atoms with Crippen LogP contribution in [-0.2, 0) is 4.74 Å². The minimum absolute atomic E-state index is 0.328. The number of benzene rings is 2. The quantitative estimate of drug-likeness (QED) is 0.740. The highest BCUT2D eigenvalue weighted by atomic mass is 16.6. The zero-order valence-corrected chi connectivity index (χ0v) is 8.97. The second-order valence-electron chi connectivity index (χ2n) is 3.50. The Hall–Kier alpha value is -1.80. The molecule has 1 aliphatic heterocycles. The summed E-state index contributed by atoms with van der Waals surface area (Å²) < 4.78 is 4.50. The number of phenols is 1. The third kappa shape index (κ3) is 3.11. The van der Waals surface area contributed by atoms with Gasteiger partial charge in [0.1, 0.15) is 5.75 Å². The van der Waals surface area contributed by atoms with E-state index in [1.807, 2.05) is 48.5 Å². The van der Waals surface area contributed by atoms with Crippen LogP contribution in [-0.4, -0.2) is 18.3 Å². The van der Waals surface area contributed by atoms with Crippen molar-refractivity contribution < 1.29 is 9.84 Å². The molecule has 0 spiro atoms. The van der Waals surface area contributed by atoms with Crippen LogP contribution in [0.4, 0.5) is 0 Å². The number of hydrogen-bond acceptors (Lipinski definition) is 2. The summed E-state index contributed by atoms with van der Waals surface area (Å²) in [6.45, 7) is 2.00. The summed E-state index contributed by atoms with van der Waals surface area (Å²) in [5, 5.41) is 9.56. The number of phenolic OH excluding ortho intramolecular Hbond substituents is 1. The zero-order chi connectivity index (χ0) is 11.2. The van der Waals surface area contributed by atoms with E-state index >= 15 is 0 Å². The fraction of sp³-hybridized carbons (Fsp3) is 0.143. The number of epoxide rings is 1. The molecule has 2 aromatic rings. The SMILES string of the molecule is C1CO1.Oc1ccccc1-c1ccccc1. The van der Waals surface area contributed by atoms with E-state index in [9.17, 15) is 5.11 Å². The minimum Gasteiger partial charge on any atom is -0.507 e. The molecule has 0 amide bonds. The van der Waals surface area contributed by atoms with Crippen LogP contribution < -0.4 is 0 Å². The highest BCUT2D eigenvalue weighted by Crippen LogP contribution is 2.27. The molecule has 0 bridgehead atoms. The van der Waals surface area contributed by atoms with Crippen molar-refractivity contribution in [1.82, 2.24) is 0 Å². The Bertz CT molecular complexity index is 433. The molecule has 0 saturated carbocycles. The van der Waals surface area contributed by atoms with Gasteiger partial charge in [0.05, 0.1) is 13.2 Å². The Labute approximate surface area is 95.1 Å². The average molecular weight is 214 g/mol. The third-order valence-corrected chi connectivity index (χ3v) is 2.19. The van der Waals surface area contributed by atoms with Crippen molar-refractivity contribution in [2.75, 3.05) is 13.2 Å². The first-order valence-electron chi connectivity index (χ1n) is 5.29. The maximum Gasteiger partial charge on any atom is 0.123 e. The molecule has 82 valence electrons. The summed E-state index contributed by atoms with van der Waals surface area (Å²) in [6.07, 6.45) is 0. The van der Waals surface area contributed by atoms with Crippen molar-refractivity contribution in [3.05, 3.63) is 54.6 Å². The van der Waals surface area contributed by atoms with Gasteiger partial charge in [0.2, 0.25) is 0 Å². The Morgan fingerprint density at radius 2 is 1.38 bits per heavy atom. The predicted octanol–water partition coefficient (Wildman–Crippen LogP) is 3.08. The molecule has 0 aromatic heterocycles. The normalized spacial score (nSPS) is 12.5. The molecule has 2 aromatic carbocycles. The lowest BCUT2D eigenvalue weighted by Gasteiger charge is -2.02. The van der Waals surface area contributed by atoms with Gasteiger partial charge >= 0.3 is 0 Å². The summed E-state index contributed by atoms with van der Waals surface area (Å²) >= 11 is 0. The second-order valence-corrected chi connectivity index (χ2v) is 3.50. The van der Waals surface area contributed by atoms with Crippen LogP contribution in [0.5, 0.6) is 5.75 Å². The second kappa shape index (κ2) is 5.33. The molecular weight excluding hydrogens is 200 g/mol. The van der Waals surface area contributed by atoms with Crippen LogP contribution in [0.25, 0.3) is 11.1 Å². The van der Waals surface area contributed by atoms with E-state index in [1.54, 1.807) is 6.07 Å². The van der Waals surface area contributed by atoms with Crippen molar-refractivity contribution >= 4 is 0 Å². The minimum atomic E-state index is 0.328. The molecule has 0 unspecified atom stereocenters. The molecule has 1 fully saturated rings. The Morgan fingerprint density at radius 1 is 0.812 bits per heavy atom. The van der Waals surface area contributed by atoms with Gasteiger partial charge in [-0.2, -0.15) is 0 Å². The van der Waals surface area contributed by atoms with E-state index in [1.165, 1.54) is 0 Å². The van der Waals surface area contributed by atoms with Crippen LogP contribution in [0.15, 0.2) is 54.6 Å². The summed E-state index contributed by atoms with van der Waals surface area (Å²) in [5.74, 6) is 0.328. The van der Waals surface area contributed by atoms with Crippen LogP contribution >= 0.6 is 0 Å². The summed E-state index contributed by atoms with van der Waals surface area (Å²) in [6, 6.07) is 17.2. The third-order valence-electron chi connectivity index (χ3n) is 2.19. The van der Waals surface area contributed by atoms with E-state index in [4.69, 9.17) is 0 Å². The van der Waals surface area contributed by atoms with Gasteiger partial charge in [0.25, 0.3) is 0 Å². The van der Waals surface area contributed by atoms with Crippen molar-refractivity contribution in [3.8, 4) is 16.9 Å². The topological polar surface area (TPSA) is 32.8 Å². The van der Waals surface area contributed by atoms with Crippen LogP contribution in [0.2, 0.25) is 0 Å². The lowest BCUT2D eigenvalue weighted by Crippen LogP contribution is -1.76. The average Bonchev–Trinajstić information content (AvgIpc) is 3.18. The van der Waals surface area contributed by atoms with Crippen LogP contribution in [0, 0.1) is 0 Å². The highest BCUT2D eigenvalue weighted by molar-refractivity contribution is 5.69. The van der Waals surface area contributed by atoms with Gasteiger partial charge < -0.3 is 9.84 Å². The Kier molecular flexibility index (Phi) is 3.57. The predicted molar refractivity (Wildman–Crippen MR) is 64.4 cm³/mol. The molecule has 1 heterocycles. The van der Waals surface area contributed by atoms with Crippen molar-refractivity contribution in [1.29, 1.82) is 0 Å². The van der Waals surface area contributed by atoms with Gasteiger partial charge in [0.15, 0.2) is 0 Å². The molecule has 0 aliphatic carbocycles. The lowest BCUT2D eigenvalue weighted by atomic mass is 10.1. The highest BCUT2D eigenvalue weighted by Gasteiger charge is 2.00. The molecule has 1 saturated heterocycles. The molecule has 1 N–H and O–H groups in total. The molecular formula is C14H14O2. The first kappa shape index (κ1) is 10.7. The standard InChI is InChI=1S/C12H10O.C2H4O/c13-12-9-5-4-8-11(12)10-6-2-1-3-7-10;1-2-3-1/h1-9,13H;1-2H2.